The summed E-state index contributed by atoms with van der Waals surface area (Å²) in [5.74, 6) is -1.65. The number of nitrogens with one attached hydrogen (secondary N) is 1. The largest absolute Gasteiger partial charge is 0.444 e. The van der Waals surface area contributed by atoms with Crippen LogP contribution in [-0.4, -0.2) is 16.9 Å². The average Bonchev–Trinajstić information content (AvgIpc) is 2.83. The third kappa shape index (κ3) is 5.44. The summed E-state index contributed by atoms with van der Waals surface area (Å²) >= 11 is 6.03. The SMILES string of the molecule is Cc1cc(C(=O)OC(C(=O)Nc2cc(C(F)(F)F)ccc2Cl)c2ccccc2)c2ccccc2n1. The van der Waals surface area contributed by atoms with Gasteiger partial charge in [-0.05, 0) is 37.3 Å². The Morgan fingerprint density at radius 2 is 1.66 bits per heavy atom. The van der Waals surface area contributed by atoms with Crippen LogP contribution in [0, 0.1) is 6.92 Å². The summed E-state index contributed by atoms with van der Waals surface area (Å²) in [6, 6.07) is 19.2. The Labute approximate surface area is 203 Å². The number of fused-ring (bicyclic) bond motifs is 1. The molecule has 1 unspecified atom stereocenters. The summed E-state index contributed by atoms with van der Waals surface area (Å²) in [5, 5.41) is 2.81. The summed E-state index contributed by atoms with van der Waals surface area (Å²) < 4.78 is 45.1. The second kappa shape index (κ2) is 9.76. The Bertz CT molecular complexity index is 1410. The van der Waals surface area contributed by atoms with Crippen molar-refractivity contribution in [2.24, 2.45) is 0 Å². The van der Waals surface area contributed by atoms with Gasteiger partial charge in [-0.2, -0.15) is 13.2 Å². The van der Waals surface area contributed by atoms with Gasteiger partial charge in [0.25, 0.3) is 5.91 Å². The number of carbonyl (C=O) groups is 2. The molecule has 0 fully saturated rings. The smallest absolute Gasteiger partial charge is 0.416 e. The zero-order chi connectivity index (χ0) is 25.2. The molecule has 178 valence electrons. The number of anilines is 1. The monoisotopic (exact) mass is 498 g/mol. The van der Waals surface area contributed by atoms with Gasteiger partial charge >= 0.3 is 12.1 Å². The number of alkyl halides is 3. The minimum Gasteiger partial charge on any atom is -0.444 e. The molecule has 0 aliphatic heterocycles. The number of hydrogen-bond donors (Lipinski definition) is 1. The molecule has 5 nitrogen and oxygen atoms in total. The van der Waals surface area contributed by atoms with Crippen molar-refractivity contribution in [2.45, 2.75) is 19.2 Å². The molecule has 4 aromatic rings. The van der Waals surface area contributed by atoms with Crippen LogP contribution in [0.3, 0.4) is 0 Å². The number of pyridine rings is 1. The van der Waals surface area contributed by atoms with Crippen molar-refractivity contribution < 1.29 is 27.5 Å². The van der Waals surface area contributed by atoms with Crippen LogP contribution in [-0.2, 0) is 15.7 Å². The number of halogens is 4. The lowest BCUT2D eigenvalue weighted by molar-refractivity contribution is -0.137. The Morgan fingerprint density at radius 3 is 2.37 bits per heavy atom. The van der Waals surface area contributed by atoms with E-state index in [0.717, 1.165) is 18.2 Å². The number of esters is 1. The molecule has 9 heteroatoms. The molecule has 0 saturated heterocycles. The van der Waals surface area contributed by atoms with Crippen LogP contribution in [0.2, 0.25) is 5.02 Å². The van der Waals surface area contributed by atoms with E-state index in [4.69, 9.17) is 16.3 Å². The van der Waals surface area contributed by atoms with Crippen LogP contribution in [0.15, 0.2) is 78.9 Å². The Kier molecular flexibility index (Phi) is 6.75. The molecule has 3 aromatic carbocycles. The highest BCUT2D eigenvalue weighted by molar-refractivity contribution is 6.33. The van der Waals surface area contributed by atoms with Crippen LogP contribution < -0.4 is 5.32 Å². The second-order valence-electron chi connectivity index (χ2n) is 7.71. The maximum Gasteiger partial charge on any atom is 0.416 e. The zero-order valence-electron chi connectivity index (χ0n) is 18.3. The van der Waals surface area contributed by atoms with Gasteiger partial charge < -0.3 is 10.1 Å². The third-order valence-electron chi connectivity index (χ3n) is 5.18. The van der Waals surface area contributed by atoms with E-state index in [9.17, 15) is 22.8 Å². The van der Waals surface area contributed by atoms with Crippen molar-refractivity contribution in [1.29, 1.82) is 0 Å². The third-order valence-corrected chi connectivity index (χ3v) is 5.51. The Hall–Kier alpha value is -3.91. The zero-order valence-corrected chi connectivity index (χ0v) is 19.0. The van der Waals surface area contributed by atoms with E-state index >= 15 is 0 Å². The lowest BCUT2D eigenvalue weighted by Crippen LogP contribution is -2.26. The van der Waals surface area contributed by atoms with Crippen LogP contribution in [0.5, 0.6) is 0 Å². The number of hydrogen-bond acceptors (Lipinski definition) is 4. The molecule has 1 N–H and O–H groups in total. The topological polar surface area (TPSA) is 68.3 Å². The fourth-order valence-electron chi connectivity index (χ4n) is 3.54. The first kappa shape index (κ1) is 24.2. The Morgan fingerprint density at radius 1 is 0.971 bits per heavy atom. The number of nitrogens with zero attached hydrogens (tertiary/aromatic N) is 1. The van der Waals surface area contributed by atoms with Gasteiger partial charge in [-0.15, -0.1) is 0 Å². The number of carbonyl (C=O) groups excluding carboxylic acids is 2. The molecule has 0 aliphatic carbocycles. The normalized spacial score (nSPS) is 12.3. The van der Waals surface area contributed by atoms with Crippen molar-refractivity contribution in [1.82, 2.24) is 4.98 Å². The summed E-state index contributed by atoms with van der Waals surface area (Å²) in [5.41, 5.74) is 0.455. The lowest BCUT2D eigenvalue weighted by atomic mass is 10.1. The molecule has 35 heavy (non-hydrogen) atoms. The van der Waals surface area contributed by atoms with E-state index < -0.39 is 29.7 Å². The van der Waals surface area contributed by atoms with Crippen molar-refractivity contribution >= 4 is 40.1 Å². The van der Waals surface area contributed by atoms with E-state index in [1.54, 1.807) is 67.6 Å². The highest BCUT2D eigenvalue weighted by Crippen LogP contribution is 2.34. The van der Waals surface area contributed by atoms with Crippen LogP contribution >= 0.6 is 11.6 Å². The van der Waals surface area contributed by atoms with E-state index in [-0.39, 0.29) is 16.3 Å². The van der Waals surface area contributed by atoms with Gasteiger partial charge in [0.1, 0.15) is 0 Å². The summed E-state index contributed by atoms with van der Waals surface area (Å²) in [4.78, 5) is 30.8. The average molecular weight is 499 g/mol. The molecule has 0 spiro atoms. The van der Waals surface area contributed by atoms with Crippen molar-refractivity contribution in [3.63, 3.8) is 0 Å². The van der Waals surface area contributed by atoms with Gasteiger partial charge in [0.05, 0.1) is 27.4 Å². The van der Waals surface area contributed by atoms with Gasteiger partial charge in [-0.3, -0.25) is 9.78 Å². The highest BCUT2D eigenvalue weighted by Gasteiger charge is 2.32. The molecule has 1 heterocycles. The molecule has 0 radical (unpaired) electrons. The van der Waals surface area contributed by atoms with Crippen LogP contribution in [0.25, 0.3) is 10.9 Å². The molecule has 0 aliphatic rings. The van der Waals surface area contributed by atoms with E-state index in [2.05, 4.69) is 10.3 Å². The van der Waals surface area contributed by atoms with Gasteiger partial charge in [0.2, 0.25) is 6.10 Å². The van der Waals surface area contributed by atoms with Crippen molar-refractivity contribution in [3.8, 4) is 0 Å². The number of rotatable bonds is 5. The number of ether oxygens (including phenoxy) is 1. The number of amides is 1. The summed E-state index contributed by atoms with van der Waals surface area (Å²) in [6.45, 7) is 1.72. The quantitative estimate of drug-likeness (QED) is 0.309. The van der Waals surface area contributed by atoms with E-state index in [1.165, 1.54) is 0 Å². The minimum atomic E-state index is -4.63. The van der Waals surface area contributed by atoms with Gasteiger partial charge in [-0.25, -0.2) is 4.79 Å². The molecular formula is C26H18ClF3N2O3. The number of aryl methyl sites for hydroxylation is 1. The molecule has 1 atom stereocenters. The van der Waals surface area contributed by atoms with Gasteiger partial charge in [0.15, 0.2) is 0 Å². The predicted molar refractivity (Wildman–Crippen MR) is 126 cm³/mol. The van der Waals surface area contributed by atoms with Gasteiger partial charge in [0, 0.05) is 16.6 Å². The number of para-hydroxylation sites is 1. The van der Waals surface area contributed by atoms with E-state index in [0.29, 0.717) is 22.2 Å². The molecule has 4 rings (SSSR count). The molecule has 1 aromatic heterocycles. The van der Waals surface area contributed by atoms with Crippen LogP contribution in [0.4, 0.5) is 18.9 Å². The first-order valence-electron chi connectivity index (χ1n) is 10.4. The maximum atomic E-state index is 13.2. The molecule has 0 saturated carbocycles. The molecule has 1 amide bonds. The van der Waals surface area contributed by atoms with Crippen molar-refractivity contribution in [3.05, 3.63) is 106 Å². The lowest BCUT2D eigenvalue weighted by Gasteiger charge is -2.19. The maximum absolute atomic E-state index is 13.2. The van der Waals surface area contributed by atoms with Crippen molar-refractivity contribution in [2.75, 3.05) is 5.32 Å². The summed E-state index contributed by atoms with van der Waals surface area (Å²) in [6.07, 6.45) is -6.09. The highest BCUT2D eigenvalue weighted by atomic mass is 35.5. The molecule has 0 bridgehead atoms. The minimum absolute atomic E-state index is 0.0970. The standard InChI is InChI=1S/C26H18ClF3N2O3/c1-15-13-19(18-9-5-6-10-21(18)31-15)25(34)35-23(16-7-3-2-4-8-16)24(33)32-22-14-17(26(28,29)30)11-12-20(22)27/h2-14,23H,1H3,(H,32,33). The van der Waals surface area contributed by atoms with E-state index in [1.807, 2.05) is 0 Å². The fourth-order valence-corrected chi connectivity index (χ4v) is 3.71. The summed E-state index contributed by atoms with van der Waals surface area (Å²) in [7, 11) is 0. The van der Waals surface area contributed by atoms with Crippen LogP contribution in [0.1, 0.15) is 33.3 Å². The number of aromatic nitrogens is 1. The second-order valence-corrected chi connectivity index (χ2v) is 8.11. The number of benzene rings is 3. The first-order chi connectivity index (χ1) is 16.6. The fraction of sp³-hybridized carbons (Fsp3) is 0.115. The van der Waals surface area contributed by atoms with Gasteiger partial charge in [-0.1, -0.05) is 60.1 Å². The predicted octanol–water partition coefficient (Wildman–Crippen LogP) is 6.75. The Balaban J connectivity index is 1.68. The molecular weight excluding hydrogens is 481 g/mol. The first-order valence-corrected chi connectivity index (χ1v) is 10.8.